The molecule has 0 unspecified atom stereocenters. The van der Waals surface area contributed by atoms with Crippen LogP contribution in [0.15, 0.2) is 9.59 Å². The van der Waals surface area contributed by atoms with Crippen molar-refractivity contribution in [3.8, 4) is 0 Å². The van der Waals surface area contributed by atoms with Crippen molar-refractivity contribution in [1.82, 2.24) is 19.4 Å². The molecule has 1 N–H and O–H groups in total. The lowest BCUT2D eigenvalue weighted by molar-refractivity contribution is 0.441. The van der Waals surface area contributed by atoms with Gasteiger partial charge >= 0.3 is 5.69 Å². The van der Waals surface area contributed by atoms with Gasteiger partial charge in [0.25, 0.3) is 5.56 Å². The topological polar surface area (TPSA) is 59.3 Å². The van der Waals surface area contributed by atoms with Crippen molar-refractivity contribution in [2.24, 2.45) is 0 Å². The predicted octanol–water partition coefficient (Wildman–Crippen LogP) is 1.60. The van der Waals surface area contributed by atoms with Gasteiger partial charge in [0, 0.05) is 31.1 Å². The molecule has 0 amide bonds. The Balaban J connectivity index is 2.17. The molecule has 1 saturated heterocycles. The summed E-state index contributed by atoms with van der Waals surface area (Å²) in [6.45, 7) is 6.00. The van der Waals surface area contributed by atoms with E-state index >= 15 is 0 Å². The molecule has 1 fully saturated rings. The molecule has 0 saturated carbocycles. The van der Waals surface area contributed by atoms with Crippen LogP contribution >= 0.6 is 23.6 Å². The Morgan fingerprint density at radius 1 is 1.32 bits per heavy atom. The summed E-state index contributed by atoms with van der Waals surface area (Å²) in [5, 5.41) is 4.39. The normalized spacial score (nSPS) is 14.5. The zero-order valence-corrected chi connectivity index (χ0v) is 15.9. The third-order valence-electron chi connectivity index (χ3n) is 4.50. The van der Waals surface area contributed by atoms with Crippen molar-refractivity contribution >= 4 is 38.9 Å². The number of halogens is 1. The second kappa shape index (κ2) is 7.25. The Kier molecular flexibility index (Phi) is 5.24. The predicted molar refractivity (Wildman–Crippen MR) is 102 cm³/mol. The molecule has 0 spiro atoms. The maximum Gasteiger partial charge on any atom is 0.332 e. The molecule has 0 aliphatic carbocycles. The number of alkyl halides is 1. The van der Waals surface area contributed by atoms with Crippen molar-refractivity contribution in [3.05, 3.63) is 31.3 Å². The molecule has 0 bridgehead atoms. The smallest absolute Gasteiger partial charge is 0.332 e. The summed E-state index contributed by atoms with van der Waals surface area (Å²) >= 11 is 6.73. The van der Waals surface area contributed by atoms with E-state index in [2.05, 4.69) is 10.2 Å². The summed E-state index contributed by atoms with van der Waals surface area (Å²) in [5.41, 5.74) is 0.261. The number of thiocarbonyl (C=S) groups is 1. The first-order valence-corrected chi connectivity index (χ1v) is 9.56. The first kappa shape index (κ1) is 18.1. The minimum Gasteiger partial charge on any atom is -0.361 e. The summed E-state index contributed by atoms with van der Waals surface area (Å²) < 4.78 is 15.4. The Morgan fingerprint density at radius 3 is 2.68 bits per heavy atom. The van der Waals surface area contributed by atoms with E-state index in [1.807, 2.05) is 6.92 Å². The summed E-state index contributed by atoms with van der Waals surface area (Å²) in [6.07, 6.45) is 0.253. The van der Waals surface area contributed by atoms with Gasteiger partial charge in [-0.15, -0.1) is 11.3 Å². The van der Waals surface area contributed by atoms with Crippen LogP contribution in [-0.2, 0) is 19.6 Å². The SMILES string of the molecule is CCn1c(=O)c2c(C)c(CN3CCNC3=S)sc2n(CCCF)c1=O. The standard InChI is InChI=1S/C16H21FN4O2S2/c1-3-20-13(22)12-10(2)11(9-19-8-6-18-15(19)24)25-14(12)21(16(20)23)7-4-5-17/h3-9H2,1-2H3,(H,18,24). The minimum atomic E-state index is -0.496. The zero-order valence-electron chi connectivity index (χ0n) is 14.3. The molecule has 136 valence electrons. The molecule has 6 nitrogen and oxygen atoms in total. The molecule has 2 aromatic rings. The highest BCUT2D eigenvalue weighted by molar-refractivity contribution is 7.80. The molecule has 25 heavy (non-hydrogen) atoms. The Bertz CT molecular complexity index is 931. The van der Waals surface area contributed by atoms with Gasteiger partial charge in [-0.2, -0.15) is 0 Å². The second-order valence-corrected chi connectivity index (χ2v) is 7.48. The number of rotatable bonds is 6. The van der Waals surface area contributed by atoms with Crippen molar-refractivity contribution < 1.29 is 4.39 Å². The number of thiophene rings is 1. The van der Waals surface area contributed by atoms with Crippen molar-refractivity contribution in [2.75, 3.05) is 19.8 Å². The van der Waals surface area contributed by atoms with Crippen molar-refractivity contribution in [2.45, 2.75) is 39.9 Å². The summed E-state index contributed by atoms with van der Waals surface area (Å²) in [7, 11) is 0. The van der Waals surface area contributed by atoms with Crippen LogP contribution in [0, 0.1) is 6.92 Å². The number of aromatic nitrogens is 2. The molecule has 9 heteroatoms. The van der Waals surface area contributed by atoms with Gasteiger partial charge in [0.05, 0.1) is 18.6 Å². The van der Waals surface area contributed by atoms with E-state index in [0.29, 0.717) is 28.4 Å². The van der Waals surface area contributed by atoms with Crippen LogP contribution in [0.2, 0.25) is 0 Å². The fourth-order valence-corrected chi connectivity index (χ4v) is 4.71. The average Bonchev–Trinajstić information content (AvgIpc) is 3.12. The zero-order chi connectivity index (χ0) is 18.1. The highest BCUT2D eigenvalue weighted by atomic mass is 32.1. The highest BCUT2D eigenvalue weighted by Gasteiger charge is 2.22. The van der Waals surface area contributed by atoms with Gasteiger partial charge in [0.2, 0.25) is 0 Å². The van der Waals surface area contributed by atoms with Crippen LogP contribution in [0.1, 0.15) is 23.8 Å². The Hall–Kier alpha value is -1.74. The maximum absolute atomic E-state index is 12.8. The number of hydrogen-bond acceptors (Lipinski definition) is 4. The van der Waals surface area contributed by atoms with Gasteiger partial charge in [-0.05, 0) is 38.0 Å². The monoisotopic (exact) mass is 384 g/mol. The van der Waals surface area contributed by atoms with Crippen LogP contribution < -0.4 is 16.6 Å². The second-order valence-electron chi connectivity index (χ2n) is 6.01. The molecule has 0 atom stereocenters. The van der Waals surface area contributed by atoms with E-state index in [1.165, 1.54) is 15.9 Å². The molecule has 3 rings (SSSR count). The van der Waals surface area contributed by atoms with Crippen LogP contribution in [0.5, 0.6) is 0 Å². The Morgan fingerprint density at radius 2 is 2.08 bits per heavy atom. The Labute approximate surface area is 153 Å². The van der Waals surface area contributed by atoms with Gasteiger partial charge in [-0.25, -0.2) is 4.79 Å². The number of nitrogens with one attached hydrogen (secondary N) is 1. The van der Waals surface area contributed by atoms with Gasteiger partial charge in [0.15, 0.2) is 5.11 Å². The van der Waals surface area contributed by atoms with E-state index in [0.717, 1.165) is 23.5 Å². The molecular formula is C16H21FN4O2S2. The number of aryl methyl sites for hydroxylation is 2. The third-order valence-corrected chi connectivity index (χ3v) is 6.21. The highest BCUT2D eigenvalue weighted by Crippen LogP contribution is 2.29. The van der Waals surface area contributed by atoms with Crippen LogP contribution in [0.25, 0.3) is 10.2 Å². The van der Waals surface area contributed by atoms with E-state index < -0.39 is 6.67 Å². The van der Waals surface area contributed by atoms with Gasteiger partial charge in [0.1, 0.15) is 4.83 Å². The summed E-state index contributed by atoms with van der Waals surface area (Å²) in [4.78, 5) is 29.1. The van der Waals surface area contributed by atoms with Crippen LogP contribution in [-0.4, -0.2) is 38.9 Å². The van der Waals surface area contributed by atoms with Crippen molar-refractivity contribution in [1.29, 1.82) is 0 Å². The van der Waals surface area contributed by atoms with Crippen LogP contribution in [0.4, 0.5) is 4.39 Å². The first-order chi connectivity index (χ1) is 12.0. The summed E-state index contributed by atoms with van der Waals surface area (Å²) in [5.74, 6) is 0. The lowest BCUT2D eigenvalue weighted by Gasteiger charge is -2.15. The number of nitrogens with zero attached hydrogens (tertiary/aromatic N) is 3. The summed E-state index contributed by atoms with van der Waals surface area (Å²) in [6, 6.07) is 0. The molecular weight excluding hydrogens is 363 g/mol. The van der Waals surface area contributed by atoms with E-state index in [9.17, 15) is 14.0 Å². The largest absolute Gasteiger partial charge is 0.361 e. The van der Waals surface area contributed by atoms with Gasteiger partial charge in [-0.3, -0.25) is 18.3 Å². The van der Waals surface area contributed by atoms with Gasteiger partial charge < -0.3 is 10.2 Å². The molecule has 1 aliphatic rings. The lowest BCUT2D eigenvalue weighted by atomic mass is 10.2. The molecule has 1 aliphatic heterocycles. The van der Waals surface area contributed by atoms with Gasteiger partial charge in [-0.1, -0.05) is 0 Å². The van der Waals surface area contributed by atoms with Crippen LogP contribution in [0.3, 0.4) is 0 Å². The number of fused-ring (bicyclic) bond motifs is 1. The minimum absolute atomic E-state index is 0.253. The number of hydrogen-bond donors (Lipinski definition) is 1. The fraction of sp³-hybridized carbons (Fsp3) is 0.562. The quantitative estimate of drug-likeness (QED) is 0.767. The molecule has 2 aromatic heterocycles. The molecule has 3 heterocycles. The average molecular weight is 385 g/mol. The molecule has 0 radical (unpaired) electrons. The van der Waals surface area contributed by atoms with E-state index in [1.54, 1.807) is 11.5 Å². The lowest BCUT2D eigenvalue weighted by Crippen LogP contribution is -2.39. The van der Waals surface area contributed by atoms with E-state index in [-0.39, 0.29) is 24.2 Å². The van der Waals surface area contributed by atoms with Crippen molar-refractivity contribution in [3.63, 3.8) is 0 Å². The molecule has 0 aromatic carbocycles. The first-order valence-electron chi connectivity index (χ1n) is 8.34. The third kappa shape index (κ3) is 3.10. The fourth-order valence-electron chi connectivity index (χ4n) is 3.12. The maximum atomic E-state index is 12.8. The van der Waals surface area contributed by atoms with E-state index in [4.69, 9.17) is 12.2 Å².